The minimum absolute atomic E-state index is 0.0102. The molecular weight excluding hydrogens is 411 g/mol. The van der Waals surface area contributed by atoms with E-state index < -0.39 is 5.82 Å². The van der Waals surface area contributed by atoms with Crippen LogP contribution in [-0.2, 0) is 11.3 Å². The molecule has 0 spiro atoms. The van der Waals surface area contributed by atoms with Crippen LogP contribution in [0, 0.1) is 11.7 Å². The standard InChI is InChI=1S/C24H25FN4O3/c1-32-21-9-7-17(8-10-21)15-26-24(31)18-4-3-13-28(16-18)22-11-12-23(30)29(27-22)20-6-2-5-19(25)14-20/h2,5-12,14,18H,3-4,13,15-16H2,1H3,(H,26,31). The van der Waals surface area contributed by atoms with E-state index in [1.54, 1.807) is 19.2 Å². The number of piperidine rings is 1. The van der Waals surface area contributed by atoms with Crippen molar-refractivity contribution in [2.45, 2.75) is 19.4 Å². The third kappa shape index (κ3) is 4.96. The van der Waals surface area contributed by atoms with Crippen molar-refractivity contribution in [2.75, 3.05) is 25.1 Å². The van der Waals surface area contributed by atoms with Gasteiger partial charge in [-0.15, -0.1) is 5.10 Å². The summed E-state index contributed by atoms with van der Waals surface area (Å²) in [5.74, 6) is 0.729. The highest BCUT2D eigenvalue weighted by molar-refractivity contribution is 5.79. The Bertz CT molecular complexity index is 1150. The van der Waals surface area contributed by atoms with E-state index in [2.05, 4.69) is 10.4 Å². The molecule has 166 valence electrons. The second kappa shape index (κ2) is 9.64. The molecule has 1 fully saturated rings. The number of nitrogens with zero attached hydrogens (tertiary/aromatic N) is 3. The predicted molar refractivity (Wildman–Crippen MR) is 120 cm³/mol. The first kappa shape index (κ1) is 21.5. The van der Waals surface area contributed by atoms with Gasteiger partial charge in [0.25, 0.3) is 5.56 Å². The van der Waals surface area contributed by atoms with Crippen molar-refractivity contribution in [1.29, 1.82) is 0 Å². The number of hydrogen-bond donors (Lipinski definition) is 1. The van der Waals surface area contributed by atoms with Gasteiger partial charge in [0.05, 0.1) is 18.7 Å². The molecule has 3 aromatic rings. The van der Waals surface area contributed by atoms with Gasteiger partial charge in [-0.05, 0) is 54.8 Å². The van der Waals surface area contributed by atoms with Crippen LogP contribution in [0.25, 0.3) is 5.69 Å². The molecule has 8 heteroatoms. The number of halogens is 1. The fraction of sp³-hybridized carbons (Fsp3) is 0.292. The smallest absolute Gasteiger partial charge is 0.271 e. The Labute approximate surface area is 185 Å². The number of anilines is 1. The fourth-order valence-corrected chi connectivity index (χ4v) is 3.84. The highest BCUT2D eigenvalue weighted by Crippen LogP contribution is 2.22. The molecule has 1 amide bonds. The maximum atomic E-state index is 13.6. The first-order valence-corrected chi connectivity index (χ1v) is 10.6. The van der Waals surface area contributed by atoms with Crippen LogP contribution in [0.4, 0.5) is 10.2 Å². The largest absolute Gasteiger partial charge is 0.497 e. The van der Waals surface area contributed by atoms with Gasteiger partial charge in [-0.2, -0.15) is 4.68 Å². The Morgan fingerprint density at radius 1 is 1.19 bits per heavy atom. The number of benzene rings is 2. The Balaban J connectivity index is 1.43. The van der Waals surface area contributed by atoms with Crippen molar-refractivity contribution in [1.82, 2.24) is 15.1 Å². The van der Waals surface area contributed by atoms with E-state index >= 15 is 0 Å². The zero-order valence-corrected chi connectivity index (χ0v) is 17.8. The number of amides is 1. The monoisotopic (exact) mass is 436 g/mol. The minimum atomic E-state index is -0.437. The molecule has 7 nitrogen and oxygen atoms in total. The summed E-state index contributed by atoms with van der Waals surface area (Å²) in [6, 6.07) is 16.4. The lowest BCUT2D eigenvalue weighted by molar-refractivity contribution is -0.125. The summed E-state index contributed by atoms with van der Waals surface area (Å²) in [6.07, 6.45) is 1.62. The van der Waals surface area contributed by atoms with Crippen molar-refractivity contribution < 1.29 is 13.9 Å². The van der Waals surface area contributed by atoms with Crippen LogP contribution in [0.2, 0.25) is 0 Å². The third-order valence-corrected chi connectivity index (χ3v) is 5.58. The van der Waals surface area contributed by atoms with Gasteiger partial charge in [-0.1, -0.05) is 18.2 Å². The number of rotatable bonds is 6. The summed E-state index contributed by atoms with van der Waals surface area (Å²) in [5, 5.41) is 7.44. The number of carbonyl (C=O) groups excluding carboxylic acids is 1. The fourth-order valence-electron chi connectivity index (χ4n) is 3.84. The molecule has 1 aromatic heterocycles. The first-order chi connectivity index (χ1) is 15.5. The number of methoxy groups -OCH3 is 1. The average molecular weight is 436 g/mol. The maximum Gasteiger partial charge on any atom is 0.271 e. The Morgan fingerprint density at radius 2 is 2.00 bits per heavy atom. The average Bonchev–Trinajstić information content (AvgIpc) is 2.83. The molecule has 2 aromatic carbocycles. The summed E-state index contributed by atoms with van der Waals surface area (Å²) >= 11 is 0. The molecule has 1 unspecified atom stereocenters. The summed E-state index contributed by atoms with van der Waals surface area (Å²) in [7, 11) is 1.62. The Morgan fingerprint density at radius 3 is 2.75 bits per heavy atom. The van der Waals surface area contributed by atoms with Crippen molar-refractivity contribution in [3.8, 4) is 11.4 Å². The minimum Gasteiger partial charge on any atom is -0.497 e. The molecule has 4 rings (SSSR count). The van der Waals surface area contributed by atoms with E-state index in [0.717, 1.165) is 30.7 Å². The van der Waals surface area contributed by atoms with Gasteiger partial charge < -0.3 is 15.0 Å². The van der Waals surface area contributed by atoms with Crippen LogP contribution in [0.15, 0.2) is 65.5 Å². The van der Waals surface area contributed by atoms with E-state index in [1.165, 1.54) is 28.9 Å². The van der Waals surface area contributed by atoms with Gasteiger partial charge in [0, 0.05) is 25.7 Å². The zero-order valence-electron chi connectivity index (χ0n) is 17.8. The van der Waals surface area contributed by atoms with Crippen molar-refractivity contribution in [2.24, 2.45) is 5.92 Å². The van der Waals surface area contributed by atoms with Crippen LogP contribution in [0.5, 0.6) is 5.75 Å². The molecule has 32 heavy (non-hydrogen) atoms. The first-order valence-electron chi connectivity index (χ1n) is 10.6. The van der Waals surface area contributed by atoms with Crippen molar-refractivity contribution >= 4 is 11.7 Å². The molecule has 0 bridgehead atoms. The van der Waals surface area contributed by atoms with Crippen LogP contribution in [-0.4, -0.2) is 35.9 Å². The topological polar surface area (TPSA) is 76.5 Å². The molecule has 1 aliphatic rings. The predicted octanol–water partition coefficient (Wildman–Crippen LogP) is 2.91. The Kier molecular flexibility index (Phi) is 6.49. The molecular formula is C24H25FN4O3. The SMILES string of the molecule is COc1ccc(CNC(=O)C2CCCN(c3ccc(=O)n(-c4cccc(F)c4)n3)C2)cc1. The molecule has 1 aliphatic heterocycles. The quantitative estimate of drug-likeness (QED) is 0.643. The van der Waals surface area contributed by atoms with Gasteiger partial charge >= 0.3 is 0 Å². The number of carbonyl (C=O) groups is 1. The normalized spacial score (nSPS) is 15.9. The highest BCUT2D eigenvalue weighted by Gasteiger charge is 2.26. The van der Waals surface area contributed by atoms with Gasteiger partial charge in [0.15, 0.2) is 0 Å². The maximum absolute atomic E-state index is 13.6. The van der Waals surface area contributed by atoms with Crippen LogP contribution < -0.4 is 20.5 Å². The van der Waals surface area contributed by atoms with Crippen molar-refractivity contribution in [3.05, 3.63) is 82.4 Å². The summed E-state index contributed by atoms with van der Waals surface area (Å²) < 4.78 is 19.9. The van der Waals surface area contributed by atoms with Gasteiger partial charge in [0.2, 0.25) is 5.91 Å². The summed E-state index contributed by atoms with van der Waals surface area (Å²) in [5.41, 5.74) is 1.02. The summed E-state index contributed by atoms with van der Waals surface area (Å²) in [6.45, 7) is 1.68. The number of ether oxygens (including phenoxy) is 1. The molecule has 0 aliphatic carbocycles. The van der Waals surface area contributed by atoms with E-state index in [1.807, 2.05) is 29.2 Å². The molecule has 0 saturated carbocycles. The molecule has 1 atom stereocenters. The van der Waals surface area contributed by atoms with E-state index in [9.17, 15) is 14.0 Å². The lowest BCUT2D eigenvalue weighted by Gasteiger charge is -2.33. The molecule has 1 saturated heterocycles. The Hall–Kier alpha value is -3.68. The molecule has 0 radical (unpaired) electrons. The number of nitrogens with one attached hydrogen (secondary N) is 1. The van der Waals surface area contributed by atoms with Crippen molar-refractivity contribution in [3.63, 3.8) is 0 Å². The highest BCUT2D eigenvalue weighted by atomic mass is 19.1. The summed E-state index contributed by atoms with van der Waals surface area (Å²) in [4.78, 5) is 27.1. The number of hydrogen-bond acceptors (Lipinski definition) is 5. The van der Waals surface area contributed by atoms with E-state index in [4.69, 9.17) is 4.74 Å². The van der Waals surface area contributed by atoms with E-state index in [-0.39, 0.29) is 17.4 Å². The lowest BCUT2D eigenvalue weighted by atomic mass is 9.97. The van der Waals surface area contributed by atoms with Crippen LogP contribution in [0.1, 0.15) is 18.4 Å². The second-order valence-electron chi connectivity index (χ2n) is 7.77. The van der Waals surface area contributed by atoms with Gasteiger partial charge in [-0.3, -0.25) is 9.59 Å². The van der Waals surface area contributed by atoms with Gasteiger partial charge in [-0.25, -0.2) is 4.39 Å². The number of aromatic nitrogens is 2. The zero-order chi connectivity index (χ0) is 22.5. The second-order valence-corrected chi connectivity index (χ2v) is 7.77. The van der Waals surface area contributed by atoms with Crippen LogP contribution in [0.3, 0.4) is 0 Å². The molecule has 2 heterocycles. The van der Waals surface area contributed by atoms with E-state index in [0.29, 0.717) is 24.6 Å². The van der Waals surface area contributed by atoms with Crippen LogP contribution >= 0.6 is 0 Å². The van der Waals surface area contributed by atoms with Gasteiger partial charge in [0.1, 0.15) is 17.4 Å². The lowest BCUT2D eigenvalue weighted by Crippen LogP contribution is -2.43. The third-order valence-electron chi connectivity index (χ3n) is 5.58. The molecule has 1 N–H and O–H groups in total.